The molecule has 2 heterocycles. The molecule has 0 bridgehead atoms. The van der Waals surface area contributed by atoms with Gasteiger partial charge in [-0.15, -0.1) is 11.3 Å². The van der Waals surface area contributed by atoms with Crippen molar-refractivity contribution in [3.8, 4) is 0 Å². The maximum atomic E-state index is 12.7. The number of nitrogens with one attached hydrogen (secondary N) is 1. The molecule has 2 rings (SSSR count). The van der Waals surface area contributed by atoms with Gasteiger partial charge >= 0.3 is 0 Å². The molecule has 0 radical (unpaired) electrons. The molecule has 1 fully saturated rings. The molecule has 7 heteroatoms. The van der Waals surface area contributed by atoms with E-state index in [9.17, 15) is 8.42 Å². The van der Waals surface area contributed by atoms with Gasteiger partial charge in [0.15, 0.2) is 0 Å². The zero-order chi connectivity index (χ0) is 15.5. The van der Waals surface area contributed by atoms with Crippen LogP contribution in [0.1, 0.15) is 26.3 Å². The second-order valence-electron chi connectivity index (χ2n) is 5.39. The van der Waals surface area contributed by atoms with Gasteiger partial charge in [0.25, 0.3) is 10.0 Å². The van der Waals surface area contributed by atoms with E-state index in [0.717, 1.165) is 31.7 Å². The van der Waals surface area contributed by atoms with Crippen LogP contribution in [0.4, 0.5) is 0 Å². The van der Waals surface area contributed by atoms with Crippen molar-refractivity contribution >= 4 is 21.4 Å². The van der Waals surface area contributed by atoms with Crippen LogP contribution < -0.4 is 5.32 Å². The van der Waals surface area contributed by atoms with E-state index < -0.39 is 10.0 Å². The average molecular weight is 332 g/mol. The third-order valence-corrected chi connectivity index (χ3v) is 7.27. The molecule has 1 N–H and O–H groups in total. The van der Waals surface area contributed by atoms with E-state index in [1.54, 1.807) is 10.4 Å². The highest BCUT2D eigenvalue weighted by molar-refractivity contribution is 7.91. The van der Waals surface area contributed by atoms with E-state index in [1.807, 2.05) is 12.3 Å². The van der Waals surface area contributed by atoms with Crippen LogP contribution in [0, 0.1) is 0 Å². The largest absolute Gasteiger partial charge is 0.313 e. The predicted octanol–water partition coefficient (Wildman–Crippen LogP) is 1.57. The van der Waals surface area contributed by atoms with Crippen molar-refractivity contribution in [3.05, 3.63) is 17.0 Å². The Bertz CT molecular complexity index is 556. The van der Waals surface area contributed by atoms with Gasteiger partial charge in [-0.1, -0.05) is 13.8 Å². The van der Waals surface area contributed by atoms with Crippen LogP contribution in [-0.4, -0.2) is 56.4 Å². The Morgan fingerprint density at radius 3 is 2.76 bits per heavy atom. The zero-order valence-corrected chi connectivity index (χ0v) is 14.6. The van der Waals surface area contributed by atoms with E-state index in [1.165, 1.54) is 11.3 Å². The van der Waals surface area contributed by atoms with Crippen LogP contribution >= 0.6 is 11.3 Å². The van der Waals surface area contributed by atoms with Gasteiger partial charge in [-0.2, -0.15) is 4.31 Å². The van der Waals surface area contributed by atoms with Gasteiger partial charge in [-0.3, -0.25) is 4.90 Å². The molecule has 120 valence electrons. The molecule has 1 aliphatic heterocycles. The first-order chi connectivity index (χ1) is 9.98. The second kappa shape index (κ2) is 7.19. The molecule has 21 heavy (non-hydrogen) atoms. The lowest BCUT2D eigenvalue weighted by atomic mass is 10.2. The fourth-order valence-corrected chi connectivity index (χ4v) is 5.50. The molecular weight excluding hydrogens is 306 g/mol. The van der Waals surface area contributed by atoms with Crippen LogP contribution in [-0.2, 0) is 16.6 Å². The molecule has 0 aliphatic carbocycles. The van der Waals surface area contributed by atoms with Crippen molar-refractivity contribution in [2.75, 3.05) is 32.7 Å². The number of nitrogens with zero attached hydrogens (tertiary/aromatic N) is 2. The minimum atomic E-state index is -3.33. The minimum absolute atomic E-state index is 0.278. The molecule has 1 aromatic rings. The summed E-state index contributed by atoms with van der Waals surface area (Å²) < 4.78 is 27.5. The lowest BCUT2D eigenvalue weighted by molar-refractivity contribution is 0.136. The molecular formula is C14H25N3O2S2. The summed E-state index contributed by atoms with van der Waals surface area (Å²) in [7, 11) is -3.33. The van der Waals surface area contributed by atoms with Crippen molar-refractivity contribution < 1.29 is 8.42 Å². The summed E-state index contributed by atoms with van der Waals surface area (Å²) in [5, 5.41) is 5.15. The minimum Gasteiger partial charge on any atom is -0.313 e. The highest BCUT2D eigenvalue weighted by atomic mass is 32.2. The molecule has 0 spiro atoms. The van der Waals surface area contributed by atoms with Gasteiger partial charge in [0.2, 0.25) is 0 Å². The fraction of sp³-hybridized carbons (Fsp3) is 0.714. The monoisotopic (exact) mass is 331 g/mol. The SMILES string of the molecule is CCNCc1csc(S(=O)(=O)N2CCN(CC)C(C)C2)c1. The second-order valence-corrected chi connectivity index (χ2v) is 8.47. The maximum absolute atomic E-state index is 12.7. The number of piperazine rings is 1. The summed E-state index contributed by atoms with van der Waals surface area (Å²) in [6.45, 7) is 10.8. The topological polar surface area (TPSA) is 52.7 Å². The summed E-state index contributed by atoms with van der Waals surface area (Å²) in [4.78, 5) is 2.32. The van der Waals surface area contributed by atoms with Gasteiger partial charge in [-0.25, -0.2) is 8.42 Å². The fourth-order valence-electron chi connectivity index (χ4n) is 2.63. The predicted molar refractivity (Wildman–Crippen MR) is 87.2 cm³/mol. The van der Waals surface area contributed by atoms with Crippen molar-refractivity contribution in [2.45, 2.75) is 37.6 Å². The third-order valence-electron chi connectivity index (χ3n) is 3.94. The van der Waals surface area contributed by atoms with Gasteiger partial charge in [0, 0.05) is 32.2 Å². The van der Waals surface area contributed by atoms with E-state index >= 15 is 0 Å². The molecule has 0 amide bonds. The Morgan fingerprint density at radius 1 is 1.38 bits per heavy atom. The molecule has 0 aromatic carbocycles. The van der Waals surface area contributed by atoms with Gasteiger partial charge in [0.05, 0.1) is 0 Å². The quantitative estimate of drug-likeness (QED) is 0.860. The van der Waals surface area contributed by atoms with Crippen LogP contribution in [0.3, 0.4) is 0 Å². The first-order valence-corrected chi connectivity index (χ1v) is 9.83. The number of thiophene rings is 1. The lowest BCUT2D eigenvalue weighted by Gasteiger charge is -2.38. The molecule has 1 unspecified atom stereocenters. The summed E-state index contributed by atoms with van der Waals surface area (Å²) >= 11 is 1.33. The maximum Gasteiger partial charge on any atom is 0.252 e. The number of hydrogen-bond donors (Lipinski definition) is 1. The first kappa shape index (κ1) is 16.9. The van der Waals surface area contributed by atoms with Crippen LogP contribution in [0.5, 0.6) is 0 Å². The van der Waals surface area contributed by atoms with Gasteiger partial charge < -0.3 is 5.32 Å². The average Bonchev–Trinajstić information content (AvgIpc) is 2.94. The van der Waals surface area contributed by atoms with Crippen LogP contribution in [0.2, 0.25) is 0 Å². The normalized spacial score (nSPS) is 21.8. The van der Waals surface area contributed by atoms with Crippen molar-refractivity contribution in [2.24, 2.45) is 0 Å². The molecule has 1 aromatic heterocycles. The Labute approximate surface area is 132 Å². The molecule has 1 aliphatic rings. The van der Waals surface area contributed by atoms with Crippen LogP contribution in [0.15, 0.2) is 15.7 Å². The Kier molecular flexibility index (Phi) is 5.79. The van der Waals surface area contributed by atoms with E-state index in [4.69, 9.17) is 0 Å². The zero-order valence-electron chi connectivity index (χ0n) is 13.0. The number of rotatable bonds is 6. The summed E-state index contributed by atoms with van der Waals surface area (Å²) in [6, 6.07) is 2.08. The van der Waals surface area contributed by atoms with Crippen molar-refractivity contribution in [3.63, 3.8) is 0 Å². The Morgan fingerprint density at radius 2 is 2.14 bits per heavy atom. The molecule has 1 atom stereocenters. The molecule has 1 saturated heterocycles. The van der Waals surface area contributed by atoms with E-state index in [0.29, 0.717) is 17.3 Å². The standard InChI is InChI=1S/C14H25N3O2S2/c1-4-15-9-13-8-14(20-11-13)21(18,19)17-7-6-16(5-2)12(3)10-17/h8,11-12,15H,4-7,9-10H2,1-3H3. The third kappa shape index (κ3) is 3.84. The summed E-state index contributed by atoms with van der Waals surface area (Å²) in [6.07, 6.45) is 0. The van der Waals surface area contributed by atoms with E-state index in [2.05, 4.69) is 24.1 Å². The molecule has 0 saturated carbocycles. The highest BCUT2D eigenvalue weighted by Crippen LogP contribution is 2.25. The molecule has 5 nitrogen and oxygen atoms in total. The summed E-state index contributed by atoms with van der Waals surface area (Å²) in [5.74, 6) is 0. The van der Waals surface area contributed by atoms with Crippen molar-refractivity contribution in [1.29, 1.82) is 0 Å². The van der Waals surface area contributed by atoms with E-state index in [-0.39, 0.29) is 6.04 Å². The van der Waals surface area contributed by atoms with Gasteiger partial charge in [0.1, 0.15) is 4.21 Å². The Hall–Kier alpha value is -0.470. The smallest absolute Gasteiger partial charge is 0.252 e. The van der Waals surface area contributed by atoms with Crippen LogP contribution in [0.25, 0.3) is 0 Å². The number of sulfonamides is 1. The number of likely N-dealkylation sites (N-methyl/N-ethyl adjacent to an activating group) is 1. The Balaban J connectivity index is 2.09. The van der Waals surface area contributed by atoms with Gasteiger partial charge in [-0.05, 0) is 37.0 Å². The summed E-state index contributed by atoms with van der Waals surface area (Å²) in [5.41, 5.74) is 1.04. The number of hydrogen-bond acceptors (Lipinski definition) is 5. The lowest BCUT2D eigenvalue weighted by Crippen LogP contribution is -2.53. The van der Waals surface area contributed by atoms with Crippen molar-refractivity contribution in [1.82, 2.24) is 14.5 Å². The highest BCUT2D eigenvalue weighted by Gasteiger charge is 2.32. The first-order valence-electron chi connectivity index (χ1n) is 7.51.